The highest BCUT2D eigenvalue weighted by Crippen LogP contribution is 2.43. The fraction of sp³-hybridized carbons (Fsp3) is 0.474. The molecule has 0 unspecified atom stereocenters. The Morgan fingerprint density at radius 1 is 1.28 bits per heavy atom. The van der Waals surface area contributed by atoms with Gasteiger partial charge in [-0.2, -0.15) is 5.10 Å². The first-order valence-corrected chi connectivity index (χ1v) is 8.87. The van der Waals surface area contributed by atoms with E-state index in [1.54, 1.807) is 0 Å². The summed E-state index contributed by atoms with van der Waals surface area (Å²) in [4.78, 5) is 12.9. The first kappa shape index (κ1) is 18.0. The zero-order chi connectivity index (χ0) is 16.4. The molecule has 2 heterocycles. The molecule has 5 nitrogen and oxygen atoms in total. The molecule has 1 aromatic carbocycles. The van der Waals surface area contributed by atoms with Crippen LogP contribution in [0.5, 0.6) is 0 Å². The maximum absolute atomic E-state index is 12.9. The van der Waals surface area contributed by atoms with Gasteiger partial charge in [0.05, 0.1) is 23.3 Å². The Morgan fingerprint density at radius 2 is 2.12 bits per heavy atom. The number of carbonyl (C=O) groups excluding carboxylic acids is 1. The van der Waals surface area contributed by atoms with Crippen LogP contribution in [0.4, 0.5) is 0 Å². The molecule has 25 heavy (non-hydrogen) atoms. The first-order valence-electron chi connectivity index (χ1n) is 8.87. The van der Waals surface area contributed by atoms with Crippen molar-refractivity contribution in [3.8, 4) is 5.69 Å². The second-order valence-electron chi connectivity index (χ2n) is 7.00. The van der Waals surface area contributed by atoms with E-state index in [1.807, 2.05) is 47.3 Å². The third kappa shape index (κ3) is 3.44. The van der Waals surface area contributed by atoms with Crippen LogP contribution >= 0.6 is 12.4 Å². The Labute approximate surface area is 154 Å². The summed E-state index contributed by atoms with van der Waals surface area (Å²) >= 11 is 0. The van der Waals surface area contributed by atoms with E-state index in [2.05, 4.69) is 15.7 Å². The summed E-state index contributed by atoms with van der Waals surface area (Å²) in [6.07, 6.45) is 6.53. The van der Waals surface area contributed by atoms with Crippen molar-refractivity contribution in [1.82, 2.24) is 20.4 Å². The van der Waals surface area contributed by atoms with Gasteiger partial charge in [-0.05, 0) is 43.5 Å². The van der Waals surface area contributed by atoms with Gasteiger partial charge in [0.15, 0.2) is 0 Å². The second-order valence-corrected chi connectivity index (χ2v) is 7.00. The average Bonchev–Trinajstić information content (AvgIpc) is 3.28. The maximum Gasteiger partial charge on any atom is 0.228 e. The van der Waals surface area contributed by atoms with Gasteiger partial charge < -0.3 is 10.6 Å². The summed E-state index contributed by atoms with van der Waals surface area (Å²) in [5.74, 6) is 0.694. The van der Waals surface area contributed by atoms with E-state index in [4.69, 9.17) is 0 Å². The summed E-state index contributed by atoms with van der Waals surface area (Å²) in [6.45, 7) is 2.30. The molecular weight excluding hydrogens is 336 g/mol. The number of nitrogens with one attached hydrogen (secondary N) is 2. The topological polar surface area (TPSA) is 59.0 Å². The van der Waals surface area contributed by atoms with E-state index in [1.165, 1.54) is 12.8 Å². The van der Waals surface area contributed by atoms with Gasteiger partial charge in [-0.15, -0.1) is 12.4 Å². The van der Waals surface area contributed by atoms with Gasteiger partial charge in [-0.25, -0.2) is 4.68 Å². The lowest BCUT2D eigenvalue weighted by atomic mass is 9.67. The van der Waals surface area contributed by atoms with E-state index < -0.39 is 0 Å². The van der Waals surface area contributed by atoms with Crippen molar-refractivity contribution in [2.24, 2.45) is 11.3 Å². The summed E-state index contributed by atoms with van der Waals surface area (Å²) in [7, 11) is 0. The van der Waals surface area contributed by atoms with Crippen LogP contribution in [0.15, 0.2) is 42.6 Å². The minimum absolute atomic E-state index is 0. The van der Waals surface area contributed by atoms with Crippen molar-refractivity contribution >= 4 is 18.3 Å². The number of benzene rings is 1. The normalized spacial score (nSPS) is 25.0. The van der Waals surface area contributed by atoms with Gasteiger partial charge in [0.1, 0.15) is 0 Å². The maximum atomic E-state index is 12.9. The molecule has 1 aliphatic heterocycles. The molecule has 0 radical (unpaired) electrons. The Kier molecular flexibility index (Phi) is 5.45. The van der Waals surface area contributed by atoms with Gasteiger partial charge in [-0.1, -0.05) is 31.0 Å². The number of carbonyl (C=O) groups is 1. The highest BCUT2D eigenvalue weighted by Gasteiger charge is 2.49. The van der Waals surface area contributed by atoms with E-state index in [0.717, 1.165) is 37.3 Å². The molecule has 2 aromatic rings. The predicted molar refractivity (Wildman–Crippen MR) is 99.9 cm³/mol. The largest absolute Gasteiger partial charge is 0.350 e. The molecule has 134 valence electrons. The summed E-state index contributed by atoms with van der Waals surface area (Å²) in [6, 6.07) is 12.0. The predicted octanol–water partition coefficient (Wildman–Crippen LogP) is 2.69. The van der Waals surface area contributed by atoms with Crippen molar-refractivity contribution < 1.29 is 4.79 Å². The minimum atomic E-state index is -0.194. The number of aromatic nitrogens is 2. The number of hydrogen-bond acceptors (Lipinski definition) is 3. The summed E-state index contributed by atoms with van der Waals surface area (Å²) < 4.78 is 1.85. The third-order valence-corrected chi connectivity index (χ3v) is 5.59. The molecule has 1 aromatic heterocycles. The molecular formula is C19H25ClN4O. The smallest absolute Gasteiger partial charge is 0.228 e. The SMILES string of the molecule is Cl.O=C(NCc1ccn(-c2ccccc2)n1)[C@@]12CCCC[C@H]1CNC2. The molecule has 0 bridgehead atoms. The molecule has 1 aliphatic carbocycles. The van der Waals surface area contributed by atoms with Gasteiger partial charge in [0, 0.05) is 12.7 Å². The van der Waals surface area contributed by atoms with Crippen molar-refractivity contribution in [2.45, 2.75) is 32.2 Å². The number of para-hydroxylation sites is 1. The van der Waals surface area contributed by atoms with E-state index >= 15 is 0 Å². The molecule has 2 fully saturated rings. The van der Waals surface area contributed by atoms with Crippen LogP contribution in [-0.2, 0) is 11.3 Å². The zero-order valence-corrected chi connectivity index (χ0v) is 15.1. The van der Waals surface area contributed by atoms with Gasteiger partial charge >= 0.3 is 0 Å². The molecule has 1 saturated carbocycles. The zero-order valence-electron chi connectivity index (χ0n) is 14.3. The number of amides is 1. The molecule has 2 aliphatic rings. The van der Waals surface area contributed by atoms with Crippen molar-refractivity contribution in [1.29, 1.82) is 0 Å². The van der Waals surface area contributed by atoms with Crippen LogP contribution < -0.4 is 10.6 Å². The van der Waals surface area contributed by atoms with Crippen LogP contribution in [0.3, 0.4) is 0 Å². The molecule has 2 atom stereocenters. The second kappa shape index (κ2) is 7.58. The average molecular weight is 361 g/mol. The molecule has 1 amide bonds. The third-order valence-electron chi connectivity index (χ3n) is 5.59. The number of fused-ring (bicyclic) bond motifs is 1. The van der Waals surface area contributed by atoms with Crippen LogP contribution in [0.2, 0.25) is 0 Å². The Balaban J connectivity index is 0.00000182. The highest BCUT2D eigenvalue weighted by atomic mass is 35.5. The number of halogens is 1. The quantitative estimate of drug-likeness (QED) is 0.881. The fourth-order valence-electron chi connectivity index (χ4n) is 4.22. The van der Waals surface area contributed by atoms with Crippen molar-refractivity contribution in [2.75, 3.05) is 13.1 Å². The van der Waals surface area contributed by atoms with Crippen molar-refractivity contribution in [3.05, 3.63) is 48.3 Å². The Morgan fingerprint density at radius 3 is 2.96 bits per heavy atom. The summed E-state index contributed by atoms with van der Waals surface area (Å²) in [5, 5.41) is 11.1. The van der Waals surface area contributed by atoms with Crippen LogP contribution in [0.25, 0.3) is 5.69 Å². The monoisotopic (exact) mass is 360 g/mol. The van der Waals surface area contributed by atoms with Crippen LogP contribution in [0, 0.1) is 11.3 Å². The highest BCUT2D eigenvalue weighted by molar-refractivity contribution is 5.85. The molecule has 4 rings (SSSR count). The summed E-state index contributed by atoms with van der Waals surface area (Å²) in [5.41, 5.74) is 1.73. The Hall–Kier alpha value is -1.85. The van der Waals surface area contributed by atoms with E-state index in [0.29, 0.717) is 12.5 Å². The van der Waals surface area contributed by atoms with Gasteiger partial charge in [0.2, 0.25) is 5.91 Å². The van der Waals surface area contributed by atoms with Gasteiger partial charge in [-0.3, -0.25) is 4.79 Å². The lowest BCUT2D eigenvalue weighted by Crippen LogP contribution is -2.47. The van der Waals surface area contributed by atoms with Crippen LogP contribution in [0.1, 0.15) is 31.4 Å². The molecule has 6 heteroatoms. The standard InChI is InChI=1S/C19H24N4O.ClH/c24-18(19-10-5-4-6-15(19)12-20-14-19)21-13-16-9-11-23(22-16)17-7-2-1-3-8-17;/h1-3,7-9,11,15,20H,4-6,10,12-14H2,(H,21,24);1H/t15-,19+;/m0./s1. The van der Waals surface area contributed by atoms with Gasteiger partial charge in [0.25, 0.3) is 0 Å². The minimum Gasteiger partial charge on any atom is -0.350 e. The Bertz CT molecular complexity index is 717. The number of rotatable bonds is 4. The molecule has 1 saturated heterocycles. The first-order chi connectivity index (χ1) is 11.8. The van der Waals surface area contributed by atoms with E-state index in [-0.39, 0.29) is 23.7 Å². The van der Waals surface area contributed by atoms with Crippen molar-refractivity contribution in [3.63, 3.8) is 0 Å². The fourth-order valence-corrected chi connectivity index (χ4v) is 4.22. The number of hydrogen-bond donors (Lipinski definition) is 2. The molecule has 2 N–H and O–H groups in total. The van der Waals surface area contributed by atoms with E-state index in [9.17, 15) is 4.79 Å². The van der Waals surface area contributed by atoms with Crippen LogP contribution in [-0.4, -0.2) is 28.8 Å². The lowest BCUT2D eigenvalue weighted by molar-refractivity contribution is -0.134. The lowest BCUT2D eigenvalue weighted by Gasteiger charge is -2.37. The number of nitrogens with zero attached hydrogens (tertiary/aromatic N) is 2. The molecule has 0 spiro atoms.